The summed E-state index contributed by atoms with van der Waals surface area (Å²) < 4.78 is 5.47. The number of para-hydroxylation sites is 1. The second-order valence-electron chi connectivity index (χ2n) is 7.35. The molecule has 0 unspecified atom stereocenters. The van der Waals surface area contributed by atoms with Crippen molar-refractivity contribution in [2.75, 3.05) is 6.61 Å². The number of rotatable bonds is 4. The largest absolute Gasteiger partial charge is 0.454 e. The number of fused-ring (bicyclic) bond motifs is 2. The van der Waals surface area contributed by atoms with E-state index in [0.29, 0.717) is 16.1 Å². The quantitative estimate of drug-likeness (QED) is 0.418. The lowest BCUT2D eigenvalue weighted by Gasteiger charge is -2.18. The van der Waals surface area contributed by atoms with Gasteiger partial charge in [-0.3, -0.25) is 9.78 Å². The van der Waals surface area contributed by atoms with Gasteiger partial charge in [-0.15, -0.1) is 0 Å². The van der Waals surface area contributed by atoms with Crippen molar-refractivity contribution >= 4 is 34.3 Å². The number of pyridine rings is 1. The summed E-state index contributed by atoms with van der Waals surface area (Å²) in [6, 6.07) is 14.2. The number of halogens is 1. The Hall–Kier alpha value is -2.72. The first-order chi connectivity index (χ1) is 14.1. The third-order valence-electron chi connectivity index (χ3n) is 5.37. The number of carbonyl (C=O) groups excluding carboxylic acids is 2. The molecule has 1 aromatic heterocycles. The van der Waals surface area contributed by atoms with E-state index in [-0.39, 0.29) is 12.4 Å². The van der Waals surface area contributed by atoms with E-state index in [2.05, 4.69) is 0 Å². The number of hydrogen-bond donors (Lipinski definition) is 0. The van der Waals surface area contributed by atoms with Gasteiger partial charge in [0.15, 0.2) is 12.4 Å². The van der Waals surface area contributed by atoms with Crippen LogP contribution in [0.2, 0.25) is 5.02 Å². The Morgan fingerprint density at radius 1 is 0.931 bits per heavy atom. The lowest BCUT2D eigenvalue weighted by atomic mass is 9.91. The summed E-state index contributed by atoms with van der Waals surface area (Å²) in [5.41, 5.74) is 3.79. The van der Waals surface area contributed by atoms with Crippen molar-refractivity contribution in [3.8, 4) is 0 Å². The Morgan fingerprint density at radius 3 is 2.45 bits per heavy atom. The van der Waals surface area contributed by atoms with Crippen molar-refractivity contribution in [1.82, 2.24) is 4.98 Å². The maximum absolute atomic E-state index is 13.1. The summed E-state index contributed by atoms with van der Waals surface area (Å²) in [5.74, 6) is -0.709. The van der Waals surface area contributed by atoms with Crippen molar-refractivity contribution in [3.05, 3.63) is 75.9 Å². The van der Waals surface area contributed by atoms with Crippen LogP contribution in [0.4, 0.5) is 0 Å². The van der Waals surface area contributed by atoms with Gasteiger partial charge in [-0.2, -0.15) is 0 Å². The number of carbonyl (C=O) groups is 2. The number of aromatic nitrogens is 1. The van der Waals surface area contributed by atoms with Gasteiger partial charge in [-0.1, -0.05) is 42.6 Å². The summed E-state index contributed by atoms with van der Waals surface area (Å²) in [7, 11) is 0. The van der Waals surface area contributed by atoms with E-state index >= 15 is 0 Å². The van der Waals surface area contributed by atoms with Gasteiger partial charge in [0.2, 0.25) is 0 Å². The number of aryl methyl sites for hydroxylation is 1. The fourth-order valence-corrected chi connectivity index (χ4v) is 4.01. The minimum Gasteiger partial charge on any atom is -0.454 e. The summed E-state index contributed by atoms with van der Waals surface area (Å²) >= 11 is 5.87. The fourth-order valence-electron chi connectivity index (χ4n) is 3.88. The smallest absolute Gasteiger partial charge is 0.339 e. The first-order valence-electron chi connectivity index (χ1n) is 10.00. The minimum atomic E-state index is -0.456. The number of esters is 1. The molecule has 5 heteroatoms. The highest BCUT2D eigenvalue weighted by Crippen LogP contribution is 2.29. The highest BCUT2D eigenvalue weighted by molar-refractivity contribution is 6.30. The third kappa shape index (κ3) is 4.33. The van der Waals surface area contributed by atoms with E-state index in [1.807, 2.05) is 24.3 Å². The van der Waals surface area contributed by atoms with Crippen LogP contribution in [-0.4, -0.2) is 23.3 Å². The summed E-state index contributed by atoms with van der Waals surface area (Å²) in [6.45, 7) is -0.300. The van der Waals surface area contributed by atoms with Gasteiger partial charge in [-0.05, 0) is 61.6 Å². The van der Waals surface area contributed by atoms with E-state index in [4.69, 9.17) is 21.3 Å². The molecule has 0 bridgehead atoms. The number of hydrogen-bond acceptors (Lipinski definition) is 4. The second kappa shape index (κ2) is 8.75. The average molecular weight is 408 g/mol. The predicted molar refractivity (Wildman–Crippen MR) is 114 cm³/mol. The molecule has 0 aliphatic heterocycles. The molecule has 1 aliphatic carbocycles. The highest BCUT2D eigenvalue weighted by atomic mass is 35.5. The zero-order valence-electron chi connectivity index (χ0n) is 16.1. The maximum Gasteiger partial charge on any atom is 0.339 e. The van der Waals surface area contributed by atoms with Crippen molar-refractivity contribution in [2.24, 2.45) is 0 Å². The van der Waals surface area contributed by atoms with Crippen LogP contribution in [0.3, 0.4) is 0 Å². The van der Waals surface area contributed by atoms with E-state index in [1.54, 1.807) is 24.3 Å². The molecule has 3 aromatic rings. The monoisotopic (exact) mass is 407 g/mol. The molecule has 148 valence electrons. The Balaban J connectivity index is 1.64. The van der Waals surface area contributed by atoms with Gasteiger partial charge >= 0.3 is 5.97 Å². The molecule has 2 aromatic carbocycles. The Morgan fingerprint density at radius 2 is 1.66 bits per heavy atom. The molecular weight excluding hydrogens is 386 g/mol. The number of benzene rings is 2. The predicted octanol–water partition coefficient (Wildman–Crippen LogP) is 5.59. The molecule has 1 heterocycles. The second-order valence-corrected chi connectivity index (χ2v) is 7.79. The summed E-state index contributed by atoms with van der Waals surface area (Å²) in [6.07, 6.45) is 6.10. The number of Topliss-reactive ketones (excluding diaryl/α,β-unsaturated/α-hetero) is 1. The molecule has 0 saturated heterocycles. The lowest BCUT2D eigenvalue weighted by Crippen LogP contribution is -2.18. The van der Waals surface area contributed by atoms with Crippen molar-refractivity contribution in [1.29, 1.82) is 0 Å². The molecule has 0 radical (unpaired) electrons. The molecule has 0 fully saturated rings. The number of ether oxygens (including phenoxy) is 1. The molecule has 0 atom stereocenters. The molecule has 0 spiro atoms. The van der Waals surface area contributed by atoms with E-state index in [9.17, 15) is 9.59 Å². The van der Waals surface area contributed by atoms with Crippen LogP contribution in [0.5, 0.6) is 0 Å². The number of nitrogens with zero attached hydrogens (tertiary/aromatic N) is 1. The first-order valence-corrected chi connectivity index (χ1v) is 10.4. The third-order valence-corrected chi connectivity index (χ3v) is 5.63. The van der Waals surface area contributed by atoms with E-state index in [1.165, 1.54) is 6.42 Å². The Bertz CT molecular complexity index is 1060. The normalized spacial score (nSPS) is 14.0. The van der Waals surface area contributed by atoms with Crippen LogP contribution in [-0.2, 0) is 17.6 Å². The van der Waals surface area contributed by atoms with E-state index < -0.39 is 5.97 Å². The van der Waals surface area contributed by atoms with Crippen LogP contribution in [0, 0.1) is 0 Å². The molecular formula is C24H22ClNO3. The molecule has 1 aliphatic rings. The van der Waals surface area contributed by atoms with Crippen molar-refractivity contribution < 1.29 is 14.3 Å². The zero-order valence-corrected chi connectivity index (χ0v) is 16.9. The minimum absolute atomic E-state index is 0.253. The van der Waals surface area contributed by atoms with Crippen LogP contribution in [0.1, 0.15) is 57.7 Å². The van der Waals surface area contributed by atoms with Gasteiger partial charge in [0, 0.05) is 21.7 Å². The molecule has 0 saturated carbocycles. The van der Waals surface area contributed by atoms with Gasteiger partial charge < -0.3 is 4.74 Å². The van der Waals surface area contributed by atoms with Crippen molar-refractivity contribution in [2.45, 2.75) is 38.5 Å². The number of ketones is 1. The van der Waals surface area contributed by atoms with Crippen LogP contribution < -0.4 is 0 Å². The lowest BCUT2D eigenvalue weighted by molar-refractivity contribution is 0.0475. The summed E-state index contributed by atoms with van der Waals surface area (Å²) in [4.78, 5) is 30.3. The summed E-state index contributed by atoms with van der Waals surface area (Å²) in [5, 5.41) is 1.34. The van der Waals surface area contributed by atoms with Gasteiger partial charge in [0.25, 0.3) is 0 Å². The molecule has 29 heavy (non-hydrogen) atoms. The van der Waals surface area contributed by atoms with E-state index in [0.717, 1.165) is 54.3 Å². The Labute approximate surface area is 174 Å². The fraction of sp³-hybridized carbons (Fsp3) is 0.292. The first kappa shape index (κ1) is 19.6. The van der Waals surface area contributed by atoms with Gasteiger partial charge in [0.1, 0.15) is 0 Å². The topological polar surface area (TPSA) is 56.3 Å². The van der Waals surface area contributed by atoms with Crippen LogP contribution in [0.15, 0.2) is 48.5 Å². The average Bonchev–Trinajstić information content (AvgIpc) is 2.72. The van der Waals surface area contributed by atoms with Gasteiger partial charge in [0.05, 0.1) is 11.1 Å². The highest BCUT2D eigenvalue weighted by Gasteiger charge is 2.23. The molecule has 4 rings (SSSR count). The van der Waals surface area contributed by atoms with Gasteiger partial charge in [-0.25, -0.2) is 4.79 Å². The molecule has 0 N–H and O–H groups in total. The molecule has 4 nitrogen and oxygen atoms in total. The standard InChI is InChI=1S/C24H22ClNO3/c25-17-13-11-16(12-14-17)22(27)15-29-24(28)23-18-7-3-1-2-4-9-20(18)26-21-10-6-5-8-19(21)23/h5-6,8,10-14H,1-4,7,9,15H2. The SMILES string of the molecule is O=C(COC(=O)c1c2c(nc3ccccc13)CCCCCC2)c1ccc(Cl)cc1. The van der Waals surface area contributed by atoms with Crippen molar-refractivity contribution in [3.63, 3.8) is 0 Å². The maximum atomic E-state index is 13.1. The van der Waals surface area contributed by atoms with Crippen LogP contribution in [0.25, 0.3) is 10.9 Å². The van der Waals surface area contributed by atoms with Crippen LogP contribution >= 0.6 is 11.6 Å². The Kier molecular flexibility index (Phi) is 5.91. The zero-order chi connectivity index (χ0) is 20.2. The molecule has 0 amide bonds.